The van der Waals surface area contributed by atoms with Gasteiger partial charge in [-0.15, -0.1) is 0 Å². The minimum atomic E-state index is -0.268. The van der Waals surface area contributed by atoms with Crippen LogP contribution in [0.15, 0.2) is 72.8 Å². The average Bonchev–Trinajstić information content (AvgIpc) is 3.27. The predicted octanol–water partition coefficient (Wildman–Crippen LogP) is 5.04. The van der Waals surface area contributed by atoms with Gasteiger partial charge in [0.1, 0.15) is 11.6 Å². The van der Waals surface area contributed by atoms with Crippen LogP contribution in [0.3, 0.4) is 0 Å². The molecule has 0 aliphatic carbocycles. The number of methoxy groups -OCH3 is 3. The molecule has 5 rings (SSSR count). The maximum Gasteiger partial charge on any atom is 0.226 e. The Hall–Kier alpha value is -4.26. The van der Waals surface area contributed by atoms with Crippen LogP contribution in [0.1, 0.15) is 23.5 Å². The van der Waals surface area contributed by atoms with Crippen LogP contribution in [0.2, 0.25) is 0 Å². The van der Waals surface area contributed by atoms with Crippen LogP contribution in [0.5, 0.6) is 17.2 Å². The third-order valence-electron chi connectivity index (χ3n) is 6.09. The summed E-state index contributed by atoms with van der Waals surface area (Å²) in [6.45, 7) is 0. The average molecular weight is 456 g/mol. The number of anilines is 1. The second kappa shape index (κ2) is 8.94. The number of nitrogens with zero attached hydrogens (tertiary/aromatic N) is 2. The number of nitrogens with one attached hydrogen (secondary N) is 1. The van der Waals surface area contributed by atoms with Gasteiger partial charge in [0.2, 0.25) is 5.91 Å². The number of carbonyl (C=O) groups excluding carboxylic acids is 1. The summed E-state index contributed by atoms with van der Waals surface area (Å²) in [7, 11) is 4.85. The molecular weight excluding hydrogens is 430 g/mol. The molecule has 0 fully saturated rings. The molecular formula is C27H25N3O4. The first-order valence-electron chi connectivity index (χ1n) is 11.0. The second-order valence-electron chi connectivity index (χ2n) is 7.97. The topological polar surface area (TPSA) is 74.6 Å². The van der Waals surface area contributed by atoms with E-state index in [4.69, 9.17) is 19.3 Å². The molecule has 0 saturated carbocycles. The number of benzene rings is 3. The van der Waals surface area contributed by atoms with Crippen molar-refractivity contribution < 1.29 is 19.0 Å². The molecule has 7 nitrogen and oxygen atoms in total. The number of para-hydroxylation sites is 1. The monoisotopic (exact) mass is 455 g/mol. The van der Waals surface area contributed by atoms with Crippen LogP contribution in [0, 0.1) is 0 Å². The molecule has 1 unspecified atom stereocenters. The van der Waals surface area contributed by atoms with Gasteiger partial charge >= 0.3 is 0 Å². The first-order valence-corrected chi connectivity index (χ1v) is 11.0. The summed E-state index contributed by atoms with van der Waals surface area (Å²) in [6, 6.07) is 23.3. The predicted molar refractivity (Wildman–Crippen MR) is 130 cm³/mol. The summed E-state index contributed by atoms with van der Waals surface area (Å²) in [5.74, 6) is 2.28. The normalized spacial score (nSPS) is 14.8. The highest BCUT2D eigenvalue weighted by Crippen LogP contribution is 2.48. The molecule has 7 heteroatoms. The van der Waals surface area contributed by atoms with Crippen LogP contribution in [0.4, 0.5) is 5.82 Å². The number of fused-ring (bicyclic) bond motifs is 1. The maximum absolute atomic E-state index is 12.9. The Morgan fingerprint density at radius 1 is 0.882 bits per heavy atom. The number of rotatable bonds is 6. The molecule has 172 valence electrons. The highest BCUT2D eigenvalue weighted by molar-refractivity contribution is 5.97. The van der Waals surface area contributed by atoms with Crippen molar-refractivity contribution in [1.29, 1.82) is 0 Å². The van der Waals surface area contributed by atoms with Crippen molar-refractivity contribution in [3.05, 3.63) is 83.9 Å². The molecule has 1 atom stereocenters. The van der Waals surface area contributed by atoms with E-state index in [1.165, 1.54) is 0 Å². The minimum absolute atomic E-state index is 0.0864. The molecule has 0 saturated heterocycles. The van der Waals surface area contributed by atoms with E-state index in [1.54, 1.807) is 26.0 Å². The Morgan fingerprint density at radius 3 is 2.32 bits per heavy atom. The summed E-state index contributed by atoms with van der Waals surface area (Å²) < 4.78 is 18.4. The standard InChI is InChI=1S/C27H25N3O4/c1-32-19-14-12-18(13-15-19)30-27-24(25(29-30)17-8-5-4-6-9-17)21(16-23(31)28-27)20-10-7-11-22(33-2)26(20)34-3/h4-15,21H,16H2,1-3H3,(H,28,31). The lowest BCUT2D eigenvalue weighted by molar-refractivity contribution is -0.116. The van der Waals surface area contributed by atoms with Crippen molar-refractivity contribution in [3.8, 4) is 34.2 Å². The van der Waals surface area contributed by atoms with E-state index in [0.717, 1.165) is 33.8 Å². The molecule has 1 aliphatic heterocycles. The molecule has 1 aromatic heterocycles. The minimum Gasteiger partial charge on any atom is -0.497 e. The van der Waals surface area contributed by atoms with E-state index < -0.39 is 0 Å². The Bertz CT molecular complexity index is 1330. The van der Waals surface area contributed by atoms with E-state index in [2.05, 4.69) is 5.32 Å². The van der Waals surface area contributed by atoms with Crippen molar-refractivity contribution in [2.24, 2.45) is 0 Å². The molecule has 34 heavy (non-hydrogen) atoms. The number of ether oxygens (including phenoxy) is 3. The lowest BCUT2D eigenvalue weighted by Crippen LogP contribution is -2.25. The summed E-state index contributed by atoms with van der Waals surface area (Å²) in [6.07, 6.45) is 0.269. The van der Waals surface area contributed by atoms with Crippen molar-refractivity contribution >= 4 is 11.7 Å². The van der Waals surface area contributed by atoms with Crippen molar-refractivity contribution in [2.75, 3.05) is 26.6 Å². The third-order valence-corrected chi connectivity index (χ3v) is 6.09. The van der Waals surface area contributed by atoms with E-state index in [-0.39, 0.29) is 18.2 Å². The highest BCUT2D eigenvalue weighted by atomic mass is 16.5. The fourth-order valence-corrected chi connectivity index (χ4v) is 4.52. The van der Waals surface area contributed by atoms with Crippen LogP contribution in [-0.4, -0.2) is 37.0 Å². The van der Waals surface area contributed by atoms with Gasteiger partial charge in [-0.2, -0.15) is 5.10 Å². The fourth-order valence-electron chi connectivity index (χ4n) is 4.52. The number of carbonyl (C=O) groups is 1. The smallest absolute Gasteiger partial charge is 0.226 e. The summed E-state index contributed by atoms with van der Waals surface area (Å²) >= 11 is 0. The van der Waals surface area contributed by atoms with Crippen molar-refractivity contribution in [3.63, 3.8) is 0 Å². The zero-order chi connectivity index (χ0) is 23.7. The van der Waals surface area contributed by atoms with Crippen molar-refractivity contribution in [1.82, 2.24) is 9.78 Å². The molecule has 3 aromatic carbocycles. The van der Waals surface area contributed by atoms with Crippen LogP contribution >= 0.6 is 0 Å². The third kappa shape index (κ3) is 3.65. The molecule has 4 aromatic rings. The SMILES string of the molecule is COc1ccc(-n2nc(-c3ccccc3)c3c2NC(=O)CC3c2cccc(OC)c2OC)cc1. The van der Waals surface area contributed by atoms with Crippen LogP contribution < -0.4 is 19.5 Å². The molecule has 2 heterocycles. The summed E-state index contributed by atoms with van der Waals surface area (Å²) in [5.41, 5.74) is 4.41. The van der Waals surface area contributed by atoms with Crippen LogP contribution in [-0.2, 0) is 4.79 Å². The van der Waals surface area contributed by atoms with Gasteiger partial charge in [0.15, 0.2) is 11.5 Å². The first-order chi connectivity index (χ1) is 16.6. The van der Waals surface area contributed by atoms with Crippen LogP contribution in [0.25, 0.3) is 16.9 Å². The van der Waals surface area contributed by atoms with E-state index in [1.807, 2.05) is 72.8 Å². The Labute approximate surface area is 197 Å². The van der Waals surface area contributed by atoms with E-state index in [0.29, 0.717) is 17.3 Å². The summed E-state index contributed by atoms with van der Waals surface area (Å²) in [4.78, 5) is 12.9. The molecule has 1 amide bonds. The largest absolute Gasteiger partial charge is 0.497 e. The lowest BCUT2D eigenvalue weighted by atomic mass is 9.83. The quantitative estimate of drug-likeness (QED) is 0.441. The fraction of sp³-hybridized carbons (Fsp3) is 0.185. The van der Waals surface area contributed by atoms with Gasteiger partial charge < -0.3 is 19.5 Å². The van der Waals surface area contributed by atoms with E-state index >= 15 is 0 Å². The van der Waals surface area contributed by atoms with E-state index in [9.17, 15) is 4.79 Å². The maximum atomic E-state index is 12.9. The zero-order valence-corrected chi connectivity index (χ0v) is 19.2. The Kier molecular flexibility index (Phi) is 5.67. The first kappa shape index (κ1) is 21.6. The molecule has 0 bridgehead atoms. The number of aromatic nitrogens is 2. The van der Waals surface area contributed by atoms with Gasteiger partial charge in [0, 0.05) is 29.0 Å². The second-order valence-corrected chi connectivity index (χ2v) is 7.97. The number of hydrogen-bond acceptors (Lipinski definition) is 5. The molecule has 0 spiro atoms. The van der Waals surface area contributed by atoms with Crippen molar-refractivity contribution in [2.45, 2.75) is 12.3 Å². The number of amides is 1. The Morgan fingerprint density at radius 2 is 1.65 bits per heavy atom. The number of hydrogen-bond donors (Lipinski definition) is 1. The highest BCUT2D eigenvalue weighted by Gasteiger charge is 2.36. The van der Waals surface area contributed by atoms with Gasteiger partial charge in [-0.3, -0.25) is 4.79 Å². The zero-order valence-electron chi connectivity index (χ0n) is 19.2. The Balaban J connectivity index is 1.77. The summed E-state index contributed by atoms with van der Waals surface area (Å²) in [5, 5.41) is 8.05. The van der Waals surface area contributed by atoms with Gasteiger partial charge in [-0.05, 0) is 30.3 Å². The van der Waals surface area contributed by atoms with Gasteiger partial charge in [0.05, 0.1) is 32.7 Å². The van der Waals surface area contributed by atoms with Gasteiger partial charge in [-0.25, -0.2) is 4.68 Å². The molecule has 1 N–H and O–H groups in total. The lowest BCUT2D eigenvalue weighted by Gasteiger charge is -2.26. The van der Waals surface area contributed by atoms with Gasteiger partial charge in [0.25, 0.3) is 0 Å². The molecule has 0 radical (unpaired) electrons. The molecule has 1 aliphatic rings. The van der Waals surface area contributed by atoms with Gasteiger partial charge in [-0.1, -0.05) is 42.5 Å².